The second kappa shape index (κ2) is 5.25. The zero-order chi connectivity index (χ0) is 12.1. The third-order valence-electron chi connectivity index (χ3n) is 2.07. The van der Waals surface area contributed by atoms with Crippen LogP contribution in [0.5, 0.6) is 11.5 Å². The second-order valence-corrected chi connectivity index (χ2v) is 3.48. The van der Waals surface area contributed by atoms with Gasteiger partial charge in [-0.1, -0.05) is 0 Å². The summed E-state index contributed by atoms with van der Waals surface area (Å²) in [6, 6.07) is 5.06. The lowest BCUT2D eigenvalue weighted by atomic mass is 10.3. The molecule has 0 unspecified atom stereocenters. The molecule has 1 aromatic rings. The number of anilines is 1. The van der Waals surface area contributed by atoms with Crippen molar-refractivity contribution < 1.29 is 14.3 Å². The molecule has 0 radical (unpaired) electrons. The maximum Gasteiger partial charge on any atom is 0.259 e. The van der Waals surface area contributed by atoms with E-state index in [4.69, 9.17) is 15.2 Å². The van der Waals surface area contributed by atoms with Crippen LogP contribution >= 0.6 is 0 Å². The van der Waals surface area contributed by atoms with Crippen LogP contribution in [-0.4, -0.2) is 38.6 Å². The van der Waals surface area contributed by atoms with Gasteiger partial charge in [0.1, 0.15) is 11.5 Å². The van der Waals surface area contributed by atoms with Gasteiger partial charge in [-0.15, -0.1) is 0 Å². The molecule has 16 heavy (non-hydrogen) atoms. The Morgan fingerprint density at radius 3 is 2.69 bits per heavy atom. The Morgan fingerprint density at radius 1 is 1.44 bits per heavy atom. The van der Waals surface area contributed by atoms with Crippen LogP contribution in [0.15, 0.2) is 18.2 Å². The summed E-state index contributed by atoms with van der Waals surface area (Å²) in [7, 11) is 4.89. The van der Waals surface area contributed by atoms with Crippen molar-refractivity contribution in [2.75, 3.05) is 33.5 Å². The molecule has 0 aliphatic heterocycles. The summed E-state index contributed by atoms with van der Waals surface area (Å²) >= 11 is 0. The summed E-state index contributed by atoms with van der Waals surface area (Å²) in [5.41, 5.74) is 6.18. The predicted octanol–water partition coefficient (Wildman–Crippen LogP) is 0.744. The number of nitrogens with zero attached hydrogens (tertiary/aromatic N) is 1. The third kappa shape index (κ3) is 3.05. The van der Waals surface area contributed by atoms with E-state index in [0.717, 1.165) is 0 Å². The minimum atomic E-state index is -0.123. The highest BCUT2D eigenvalue weighted by atomic mass is 16.5. The fraction of sp³-hybridized carbons (Fsp3) is 0.364. The van der Waals surface area contributed by atoms with Crippen LogP contribution in [0.1, 0.15) is 0 Å². The number of carbonyl (C=O) groups is 1. The molecule has 0 bridgehead atoms. The van der Waals surface area contributed by atoms with Crippen LogP contribution in [-0.2, 0) is 4.79 Å². The number of amides is 1. The van der Waals surface area contributed by atoms with Gasteiger partial charge >= 0.3 is 0 Å². The number of benzene rings is 1. The third-order valence-corrected chi connectivity index (χ3v) is 2.07. The minimum Gasteiger partial charge on any atom is -0.497 e. The molecule has 0 aliphatic carbocycles. The number of ether oxygens (including phenoxy) is 2. The number of nitrogens with two attached hydrogens (primary N) is 1. The number of hydrogen-bond acceptors (Lipinski definition) is 4. The van der Waals surface area contributed by atoms with Gasteiger partial charge in [0.05, 0.1) is 12.8 Å². The molecule has 88 valence electrons. The Hall–Kier alpha value is -1.91. The summed E-state index contributed by atoms with van der Waals surface area (Å²) in [6.45, 7) is -0.0373. The van der Waals surface area contributed by atoms with Crippen LogP contribution in [0, 0.1) is 0 Å². The molecule has 0 atom stereocenters. The van der Waals surface area contributed by atoms with E-state index in [0.29, 0.717) is 17.2 Å². The fourth-order valence-electron chi connectivity index (χ4n) is 1.04. The first kappa shape index (κ1) is 12.2. The van der Waals surface area contributed by atoms with E-state index in [1.807, 2.05) is 0 Å². The van der Waals surface area contributed by atoms with Crippen molar-refractivity contribution in [3.8, 4) is 11.5 Å². The van der Waals surface area contributed by atoms with Crippen molar-refractivity contribution in [2.24, 2.45) is 0 Å². The molecule has 0 heterocycles. The van der Waals surface area contributed by atoms with Gasteiger partial charge in [-0.25, -0.2) is 0 Å². The first-order chi connectivity index (χ1) is 7.54. The van der Waals surface area contributed by atoms with Crippen LogP contribution in [0.4, 0.5) is 5.69 Å². The molecule has 1 aromatic carbocycles. The Labute approximate surface area is 94.7 Å². The molecule has 5 nitrogen and oxygen atoms in total. The molecular formula is C11H16N2O3. The van der Waals surface area contributed by atoms with Crippen molar-refractivity contribution in [2.45, 2.75) is 0 Å². The standard InChI is InChI=1S/C11H16N2O3/c1-13(2)11(14)7-16-10-6-8(15-3)4-5-9(10)12/h4-6H,7,12H2,1-3H3. The van der Waals surface area contributed by atoms with Gasteiger partial charge < -0.3 is 20.1 Å². The molecule has 0 spiro atoms. The Kier molecular flexibility index (Phi) is 3.99. The van der Waals surface area contributed by atoms with E-state index < -0.39 is 0 Å². The molecule has 1 amide bonds. The van der Waals surface area contributed by atoms with E-state index in [1.165, 1.54) is 4.90 Å². The van der Waals surface area contributed by atoms with E-state index in [-0.39, 0.29) is 12.5 Å². The van der Waals surface area contributed by atoms with Crippen LogP contribution in [0.3, 0.4) is 0 Å². The molecule has 5 heteroatoms. The van der Waals surface area contributed by atoms with Gasteiger partial charge in [-0.05, 0) is 12.1 Å². The van der Waals surface area contributed by atoms with E-state index in [2.05, 4.69) is 0 Å². The predicted molar refractivity (Wildman–Crippen MR) is 61.6 cm³/mol. The van der Waals surface area contributed by atoms with Gasteiger partial charge in [-0.3, -0.25) is 4.79 Å². The van der Waals surface area contributed by atoms with Crippen LogP contribution < -0.4 is 15.2 Å². The topological polar surface area (TPSA) is 64.8 Å². The highest BCUT2D eigenvalue weighted by Gasteiger charge is 2.07. The summed E-state index contributed by atoms with van der Waals surface area (Å²) in [6.07, 6.45) is 0. The lowest BCUT2D eigenvalue weighted by Gasteiger charge is -2.13. The summed E-state index contributed by atoms with van der Waals surface area (Å²) in [5.74, 6) is 0.971. The van der Waals surface area contributed by atoms with E-state index in [1.54, 1.807) is 39.4 Å². The molecule has 0 saturated carbocycles. The lowest BCUT2D eigenvalue weighted by Crippen LogP contribution is -2.27. The Balaban J connectivity index is 2.69. The fourth-order valence-corrected chi connectivity index (χ4v) is 1.04. The first-order valence-electron chi connectivity index (χ1n) is 4.81. The summed E-state index contributed by atoms with van der Waals surface area (Å²) in [5, 5.41) is 0. The molecule has 0 fully saturated rings. The maximum atomic E-state index is 11.3. The molecule has 1 rings (SSSR count). The molecule has 0 aromatic heterocycles. The monoisotopic (exact) mass is 224 g/mol. The summed E-state index contributed by atoms with van der Waals surface area (Å²) < 4.78 is 10.3. The molecule has 0 saturated heterocycles. The van der Waals surface area contributed by atoms with Crippen molar-refractivity contribution in [3.05, 3.63) is 18.2 Å². The smallest absolute Gasteiger partial charge is 0.259 e. The highest BCUT2D eigenvalue weighted by molar-refractivity contribution is 5.77. The zero-order valence-electron chi connectivity index (χ0n) is 9.69. The van der Waals surface area contributed by atoms with Crippen LogP contribution in [0.25, 0.3) is 0 Å². The first-order valence-corrected chi connectivity index (χ1v) is 4.81. The largest absolute Gasteiger partial charge is 0.497 e. The number of nitrogen functional groups attached to an aromatic ring is 1. The summed E-state index contributed by atoms with van der Waals surface area (Å²) in [4.78, 5) is 12.8. The minimum absolute atomic E-state index is 0.0373. The van der Waals surface area contributed by atoms with E-state index in [9.17, 15) is 4.79 Å². The number of rotatable bonds is 4. The van der Waals surface area contributed by atoms with Gasteiger partial charge in [0.25, 0.3) is 5.91 Å². The number of carbonyl (C=O) groups excluding carboxylic acids is 1. The number of hydrogen-bond donors (Lipinski definition) is 1. The highest BCUT2D eigenvalue weighted by Crippen LogP contribution is 2.26. The average molecular weight is 224 g/mol. The number of likely N-dealkylation sites (N-methyl/N-ethyl adjacent to an activating group) is 1. The number of methoxy groups -OCH3 is 1. The molecule has 0 aliphatic rings. The quantitative estimate of drug-likeness (QED) is 0.766. The van der Waals surface area contributed by atoms with Gasteiger partial charge in [0.2, 0.25) is 0 Å². The van der Waals surface area contributed by atoms with Crippen molar-refractivity contribution in [1.82, 2.24) is 4.90 Å². The van der Waals surface area contributed by atoms with Crippen molar-refractivity contribution in [3.63, 3.8) is 0 Å². The molecule has 2 N–H and O–H groups in total. The van der Waals surface area contributed by atoms with Gasteiger partial charge in [-0.2, -0.15) is 0 Å². The molecular weight excluding hydrogens is 208 g/mol. The normalized spacial score (nSPS) is 9.69. The second-order valence-electron chi connectivity index (χ2n) is 3.48. The van der Waals surface area contributed by atoms with Crippen molar-refractivity contribution in [1.29, 1.82) is 0 Å². The van der Waals surface area contributed by atoms with E-state index >= 15 is 0 Å². The average Bonchev–Trinajstić information content (AvgIpc) is 2.27. The Morgan fingerprint density at radius 2 is 2.12 bits per heavy atom. The Bertz CT molecular complexity index is 377. The van der Waals surface area contributed by atoms with Crippen LogP contribution in [0.2, 0.25) is 0 Å². The SMILES string of the molecule is COc1ccc(N)c(OCC(=O)N(C)C)c1. The van der Waals surface area contributed by atoms with Gasteiger partial charge in [0, 0.05) is 20.2 Å². The van der Waals surface area contributed by atoms with Crippen molar-refractivity contribution >= 4 is 11.6 Å². The van der Waals surface area contributed by atoms with Gasteiger partial charge in [0.15, 0.2) is 6.61 Å². The lowest BCUT2D eigenvalue weighted by molar-refractivity contribution is -0.130. The maximum absolute atomic E-state index is 11.3. The zero-order valence-corrected chi connectivity index (χ0v) is 9.69.